The number of nitrogen functional groups attached to an aromatic ring is 1. The lowest BCUT2D eigenvalue weighted by Gasteiger charge is -2.44. The minimum absolute atomic E-state index is 0.291. The molecule has 3 heteroatoms. The number of hydrogen-bond acceptors (Lipinski definition) is 3. The number of nitrogens with zero attached hydrogens (tertiary/aromatic N) is 1. The third-order valence-electron chi connectivity index (χ3n) is 3.08. The molecule has 13 heavy (non-hydrogen) atoms. The van der Waals surface area contributed by atoms with Gasteiger partial charge in [0.15, 0.2) is 0 Å². The van der Waals surface area contributed by atoms with Gasteiger partial charge in [0.05, 0.1) is 5.60 Å². The lowest BCUT2D eigenvalue weighted by atomic mass is 9.67. The van der Waals surface area contributed by atoms with E-state index in [2.05, 4.69) is 4.98 Å². The van der Waals surface area contributed by atoms with E-state index in [0.29, 0.717) is 11.7 Å². The minimum Gasteiger partial charge on any atom is -0.385 e. The molecule has 0 aliphatic heterocycles. The van der Waals surface area contributed by atoms with Crippen LogP contribution in [0, 0.1) is 5.92 Å². The first-order chi connectivity index (χ1) is 6.14. The third-order valence-corrected chi connectivity index (χ3v) is 3.08. The van der Waals surface area contributed by atoms with Gasteiger partial charge in [-0.25, -0.2) is 4.98 Å². The fourth-order valence-corrected chi connectivity index (χ4v) is 1.89. The summed E-state index contributed by atoms with van der Waals surface area (Å²) in [4.78, 5) is 3.98. The Balaban J connectivity index is 2.40. The highest BCUT2D eigenvalue weighted by molar-refractivity contribution is 5.44. The fourth-order valence-electron chi connectivity index (χ4n) is 1.89. The molecule has 1 aliphatic rings. The van der Waals surface area contributed by atoms with E-state index < -0.39 is 5.60 Å². The molecule has 0 amide bonds. The highest BCUT2D eigenvalue weighted by Crippen LogP contribution is 2.47. The average molecular weight is 178 g/mol. The van der Waals surface area contributed by atoms with Gasteiger partial charge < -0.3 is 10.8 Å². The van der Waals surface area contributed by atoms with Crippen LogP contribution in [0.2, 0.25) is 0 Å². The predicted octanol–water partition coefficient (Wildman–Crippen LogP) is 1.28. The molecule has 0 spiro atoms. The van der Waals surface area contributed by atoms with Gasteiger partial charge in [0.25, 0.3) is 0 Å². The maximum atomic E-state index is 10.2. The van der Waals surface area contributed by atoms with Crippen LogP contribution >= 0.6 is 0 Å². The van der Waals surface area contributed by atoms with Gasteiger partial charge in [-0.2, -0.15) is 0 Å². The van der Waals surface area contributed by atoms with Crippen molar-refractivity contribution in [3.63, 3.8) is 0 Å². The summed E-state index contributed by atoms with van der Waals surface area (Å²) in [6.07, 6.45) is 3.50. The maximum Gasteiger partial charge on any atom is 0.129 e. The van der Waals surface area contributed by atoms with Gasteiger partial charge in [-0.15, -0.1) is 0 Å². The van der Waals surface area contributed by atoms with Gasteiger partial charge in [0.1, 0.15) is 5.82 Å². The Morgan fingerprint density at radius 1 is 1.69 bits per heavy atom. The molecule has 0 radical (unpaired) electrons. The molecule has 2 unspecified atom stereocenters. The number of pyridine rings is 1. The van der Waals surface area contributed by atoms with E-state index in [-0.39, 0.29) is 0 Å². The molecule has 1 aromatic rings. The third kappa shape index (κ3) is 1.11. The lowest BCUT2D eigenvalue weighted by Crippen LogP contribution is -2.43. The van der Waals surface area contributed by atoms with Crippen LogP contribution in [0.1, 0.15) is 25.3 Å². The van der Waals surface area contributed by atoms with Crippen molar-refractivity contribution in [2.45, 2.75) is 25.4 Å². The van der Waals surface area contributed by atoms with Crippen LogP contribution in [0.15, 0.2) is 18.3 Å². The van der Waals surface area contributed by atoms with Crippen LogP contribution < -0.4 is 5.73 Å². The molecule has 2 atom stereocenters. The van der Waals surface area contributed by atoms with E-state index >= 15 is 0 Å². The van der Waals surface area contributed by atoms with Gasteiger partial charge >= 0.3 is 0 Å². The summed E-state index contributed by atoms with van der Waals surface area (Å²) in [5.41, 5.74) is 5.77. The maximum absolute atomic E-state index is 10.2. The van der Waals surface area contributed by atoms with Gasteiger partial charge in [-0.05, 0) is 24.8 Å². The van der Waals surface area contributed by atoms with Crippen LogP contribution in [-0.4, -0.2) is 10.1 Å². The average Bonchev–Trinajstić information content (AvgIpc) is 2.15. The van der Waals surface area contributed by atoms with Gasteiger partial charge in [0.2, 0.25) is 0 Å². The zero-order chi connectivity index (χ0) is 9.47. The summed E-state index contributed by atoms with van der Waals surface area (Å²) < 4.78 is 0. The molecular weight excluding hydrogens is 164 g/mol. The molecule has 2 rings (SSSR count). The summed E-state index contributed by atoms with van der Waals surface area (Å²) in [5.74, 6) is 0.746. The molecule has 0 bridgehead atoms. The number of rotatable bonds is 1. The molecular formula is C10H14N2O. The summed E-state index contributed by atoms with van der Waals surface area (Å²) in [5, 5.41) is 10.2. The van der Waals surface area contributed by atoms with Crippen molar-refractivity contribution in [3.8, 4) is 0 Å². The van der Waals surface area contributed by atoms with Crippen LogP contribution in [0.5, 0.6) is 0 Å². The van der Waals surface area contributed by atoms with E-state index in [1.54, 1.807) is 6.20 Å². The Hall–Kier alpha value is -1.09. The van der Waals surface area contributed by atoms with E-state index in [1.807, 2.05) is 19.1 Å². The van der Waals surface area contributed by atoms with Gasteiger partial charge in [0, 0.05) is 11.8 Å². The SMILES string of the molecule is CC1CCC1(O)c1cccnc1N. The molecule has 1 heterocycles. The zero-order valence-electron chi connectivity index (χ0n) is 7.70. The minimum atomic E-state index is -0.724. The molecule has 1 aliphatic carbocycles. The van der Waals surface area contributed by atoms with Crippen molar-refractivity contribution in [2.24, 2.45) is 5.92 Å². The molecule has 1 saturated carbocycles. The van der Waals surface area contributed by atoms with E-state index in [4.69, 9.17) is 5.73 Å². The second-order valence-electron chi connectivity index (χ2n) is 3.80. The topological polar surface area (TPSA) is 59.1 Å². The molecule has 1 aromatic heterocycles. The fraction of sp³-hybridized carbons (Fsp3) is 0.500. The molecule has 3 nitrogen and oxygen atoms in total. The number of aromatic nitrogens is 1. The van der Waals surface area contributed by atoms with E-state index in [9.17, 15) is 5.11 Å². The summed E-state index contributed by atoms with van der Waals surface area (Å²) >= 11 is 0. The standard InChI is InChI=1S/C10H14N2O/c1-7-4-5-10(7,13)8-3-2-6-12-9(8)11/h2-3,6-7,13H,4-5H2,1H3,(H2,11,12). The number of nitrogens with two attached hydrogens (primary N) is 1. The van der Waals surface area contributed by atoms with Crippen molar-refractivity contribution in [3.05, 3.63) is 23.9 Å². The molecule has 70 valence electrons. The summed E-state index contributed by atoms with van der Waals surface area (Å²) in [6.45, 7) is 2.04. The van der Waals surface area contributed by atoms with Gasteiger partial charge in [-0.3, -0.25) is 0 Å². The summed E-state index contributed by atoms with van der Waals surface area (Å²) in [6, 6.07) is 3.67. The summed E-state index contributed by atoms with van der Waals surface area (Å²) in [7, 11) is 0. The van der Waals surface area contributed by atoms with Crippen molar-refractivity contribution in [1.29, 1.82) is 0 Å². The van der Waals surface area contributed by atoms with Gasteiger partial charge in [-0.1, -0.05) is 13.0 Å². The smallest absolute Gasteiger partial charge is 0.129 e. The lowest BCUT2D eigenvalue weighted by molar-refractivity contribution is -0.0926. The number of hydrogen-bond donors (Lipinski definition) is 2. The van der Waals surface area contributed by atoms with Crippen molar-refractivity contribution >= 4 is 5.82 Å². The predicted molar refractivity (Wildman–Crippen MR) is 50.9 cm³/mol. The molecule has 0 aromatic carbocycles. The van der Waals surface area contributed by atoms with Crippen molar-refractivity contribution in [2.75, 3.05) is 5.73 Å². The van der Waals surface area contributed by atoms with Crippen LogP contribution in [0.3, 0.4) is 0 Å². The zero-order valence-corrected chi connectivity index (χ0v) is 7.70. The van der Waals surface area contributed by atoms with E-state index in [0.717, 1.165) is 18.4 Å². The Morgan fingerprint density at radius 3 is 2.92 bits per heavy atom. The van der Waals surface area contributed by atoms with Crippen molar-refractivity contribution in [1.82, 2.24) is 4.98 Å². The van der Waals surface area contributed by atoms with Crippen LogP contribution in [-0.2, 0) is 5.60 Å². The van der Waals surface area contributed by atoms with Crippen LogP contribution in [0.25, 0.3) is 0 Å². The molecule has 1 fully saturated rings. The Labute approximate surface area is 77.6 Å². The number of aliphatic hydroxyl groups is 1. The monoisotopic (exact) mass is 178 g/mol. The molecule has 0 saturated heterocycles. The first-order valence-corrected chi connectivity index (χ1v) is 4.58. The second kappa shape index (κ2) is 2.70. The Kier molecular flexibility index (Phi) is 1.77. The first-order valence-electron chi connectivity index (χ1n) is 4.58. The quantitative estimate of drug-likeness (QED) is 0.681. The second-order valence-corrected chi connectivity index (χ2v) is 3.80. The first kappa shape index (κ1) is 8.51. The normalized spacial score (nSPS) is 32.6. The largest absolute Gasteiger partial charge is 0.385 e. The van der Waals surface area contributed by atoms with Crippen molar-refractivity contribution < 1.29 is 5.11 Å². The van der Waals surface area contributed by atoms with E-state index in [1.165, 1.54) is 0 Å². The Morgan fingerprint density at radius 2 is 2.46 bits per heavy atom. The highest BCUT2D eigenvalue weighted by Gasteiger charge is 2.44. The number of anilines is 1. The molecule has 3 N–H and O–H groups in total. The Bertz CT molecular complexity index is 326. The van der Waals surface area contributed by atoms with Crippen LogP contribution in [0.4, 0.5) is 5.82 Å². The highest BCUT2D eigenvalue weighted by atomic mass is 16.3.